The maximum Gasteiger partial charge on any atom is 0.294 e. The van der Waals surface area contributed by atoms with Crippen molar-refractivity contribution < 1.29 is 22.9 Å². The van der Waals surface area contributed by atoms with Gasteiger partial charge in [0, 0.05) is 28.7 Å². The summed E-state index contributed by atoms with van der Waals surface area (Å²) in [6.45, 7) is 4.01. The number of benzene rings is 2. The minimum Gasteiger partial charge on any atom is -0.508 e. The quantitative estimate of drug-likeness (QED) is 0.667. The molecule has 2 aromatic carbocycles. The number of phenols is 1. The summed E-state index contributed by atoms with van der Waals surface area (Å²) in [5, 5.41) is 10.2. The van der Waals surface area contributed by atoms with E-state index in [1.807, 2.05) is 13.8 Å². The molecule has 0 saturated heterocycles. The number of fused-ring (bicyclic) bond motifs is 4. The number of carbonyl (C=O) groups is 1. The minimum atomic E-state index is -4.43. The van der Waals surface area contributed by atoms with E-state index in [4.69, 9.17) is 10.7 Å². The van der Waals surface area contributed by atoms with Crippen LogP contribution in [0.25, 0.3) is 0 Å². The Bertz CT molecular complexity index is 1220. The fraction of sp³-hybridized carbons (Fsp3) is 0.200. The number of nitrogens with zero attached hydrogens (tertiary/aromatic N) is 1. The smallest absolute Gasteiger partial charge is 0.294 e. The van der Waals surface area contributed by atoms with Crippen molar-refractivity contribution in [1.29, 1.82) is 0 Å². The number of rotatable bonds is 2. The largest absolute Gasteiger partial charge is 0.508 e. The van der Waals surface area contributed by atoms with Gasteiger partial charge in [0.15, 0.2) is 5.78 Å². The first-order valence-corrected chi connectivity index (χ1v) is 10.0. The zero-order valence-corrected chi connectivity index (χ0v) is 16.0. The van der Waals surface area contributed by atoms with Gasteiger partial charge in [-0.3, -0.25) is 9.35 Å². The highest BCUT2D eigenvalue weighted by atomic mass is 32.2. The van der Waals surface area contributed by atoms with Gasteiger partial charge in [-0.15, -0.1) is 0 Å². The summed E-state index contributed by atoms with van der Waals surface area (Å²) in [5.41, 5.74) is 8.92. The Labute approximate surface area is 162 Å². The van der Waals surface area contributed by atoms with E-state index in [2.05, 4.69) is 0 Å². The van der Waals surface area contributed by atoms with E-state index in [-0.39, 0.29) is 28.5 Å². The molecule has 7 nitrogen and oxygen atoms in total. The van der Waals surface area contributed by atoms with E-state index < -0.39 is 15.5 Å². The third kappa shape index (κ3) is 2.61. The molecule has 8 heteroatoms. The van der Waals surface area contributed by atoms with Gasteiger partial charge < -0.3 is 10.8 Å². The van der Waals surface area contributed by atoms with Gasteiger partial charge in [0.2, 0.25) is 0 Å². The van der Waals surface area contributed by atoms with Crippen molar-refractivity contribution in [1.82, 2.24) is 0 Å². The third-order valence-electron chi connectivity index (χ3n) is 5.34. The molecule has 1 aliphatic carbocycles. The summed E-state index contributed by atoms with van der Waals surface area (Å²) in [6, 6.07) is 7.23. The predicted molar refractivity (Wildman–Crippen MR) is 104 cm³/mol. The van der Waals surface area contributed by atoms with Crippen molar-refractivity contribution in [2.45, 2.75) is 30.7 Å². The Balaban J connectivity index is 2.01. The fourth-order valence-corrected chi connectivity index (χ4v) is 4.26. The van der Waals surface area contributed by atoms with Crippen LogP contribution in [0.4, 0.5) is 5.69 Å². The highest BCUT2D eigenvalue weighted by Crippen LogP contribution is 2.47. The Morgan fingerprint density at radius 1 is 1.14 bits per heavy atom. The number of hydrogen-bond donors (Lipinski definition) is 3. The Hall–Kier alpha value is -2.81. The Morgan fingerprint density at radius 3 is 2.50 bits per heavy atom. The molecular formula is C20H18N2O5S. The molecule has 28 heavy (non-hydrogen) atoms. The molecule has 0 aromatic heterocycles. The summed E-state index contributed by atoms with van der Waals surface area (Å²) in [6.07, 6.45) is 1.44. The zero-order valence-electron chi connectivity index (χ0n) is 15.2. The number of aliphatic imine (C=N–C) groups is 1. The topological polar surface area (TPSA) is 130 Å². The SMILES string of the molecule is CC1(C)C2=CC(=O)c3cc(S(=O)(=O)O)ccc3C2=Nc2cc(CN)c(O)cc21. The molecule has 0 amide bonds. The van der Waals surface area contributed by atoms with Gasteiger partial charge in [0.25, 0.3) is 10.1 Å². The molecule has 2 aliphatic rings. The first-order valence-electron chi connectivity index (χ1n) is 8.58. The minimum absolute atomic E-state index is 0.0777. The van der Waals surface area contributed by atoms with E-state index in [0.717, 1.165) is 11.6 Å². The number of hydrogen-bond acceptors (Lipinski definition) is 6. The van der Waals surface area contributed by atoms with Crippen LogP contribution in [0, 0.1) is 0 Å². The third-order valence-corrected chi connectivity index (χ3v) is 6.19. The van der Waals surface area contributed by atoms with Crippen LogP contribution in [0.5, 0.6) is 5.75 Å². The summed E-state index contributed by atoms with van der Waals surface area (Å²) in [7, 11) is -4.43. The maximum absolute atomic E-state index is 12.7. The van der Waals surface area contributed by atoms with E-state index in [1.54, 1.807) is 12.1 Å². The molecule has 1 aliphatic heterocycles. The summed E-state index contributed by atoms with van der Waals surface area (Å²) in [5.74, 6) is -0.289. The number of ketones is 1. The van der Waals surface area contributed by atoms with Gasteiger partial charge in [0.1, 0.15) is 5.75 Å². The van der Waals surface area contributed by atoms with Crippen LogP contribution in [0.1, 0.15) is 40.9 Å². The van der Waals surface area contributed by atoms with Crippen LogP contribution < -0.4 is 5.73 Å². The van der Waals surface area contributed by atoms with E-state index >= 15 is 0 Å². The predicted octanol–water partition coefficient (Wildman–Crippen LogP) is 2.63. The summed E-state index contributed by atoms with van der Waals surface area (Å²) in [4.78, 5) is 17.1. The first kappa shape index (κ1) is 18.5. The number of allylic oxidation sites excluding steroid dienone is 2. The van der Waals surface area contributed by atoms with Crippen LogP contribution in [0.15, 0.2) is 51.9 Å². The second kappa shape index (κ2) is 5.84. The number of aromatic hydroxyl groups is 1. The molecule has 0 fully saturated rings. The normalized spacial score (nSPS) is 17.2. The van der Waals surface area contributed by atoms with Crippen molar-refractivity contribution in [2.24, 2.45) is 10.7 Å². The molecule has 4 N–H and O–H groups in total. The van der Waals surface area contributed by atoms with Gasteiger partial charge in [-0.25, -0.2) is 4.99 Å². The Morgan fingerprint density at radius 2 is 1.86 bits per heavy atom. The molecular weight excluding hydrogens is 380 g/mol. The Kier molecular flexibility index (Phi) is 3.87. The fourth-order valence-electron chi connectivity index (χ4n) is 3.76. The van der Waals surface area contributed by atoms with E-state index in [9.17, 15) is 22.9 Å². The van der Waals surface area contributed by atoms with Crippen molar-refractivity contribution in [3.05, 3.63) is 64.2 Å². The van der Waals surface area contributed by atoms with Gasteiger partial charge in [-0.2, -0.15) is 8.42 Å². The molecule has 0 saturated carbocycles. The zero-order chi connectivity index (χ0) is 20.4. The summed E-state index contributed by atoms with van der Waals surface area (Å²) >= 11 is 0. The van der Waals surface area contributed by atoms with Gasteiger partial charge in [0.05, 0.1) is 16.3 Å². The average Bonchev–Trinajstić information content (AvgIpc) is 2.62. The van der Waals surface area contributed by atoms with Crippen molar-refractivity contribution in [2.75, 3.05) is 0 Å². The lowest BCUT2D eigenvalue weighted by Gasteiger charge is -2.37. The molecule has 0 bridgehead atoms. The maximum atomic E-state index is 12.7. The van der Waals surface area contributed by atoms with Crippen LogP contribution in [-0.4, -0.2) is 29.6 Å². The average molecular weight is 398 g/mol. The van der Waals surface area contributed by atoms with Crippen LogP contribution in [0.2, 0.25) is 0 Å². The second-order valence-corrected chi connectivity index (χ2v) is 8.81. The molecule has 0 spiro atoms. The van der Waals surface area contributed by atoms with Crippen LogP contribution in [-0.2, 0) is 22.1 Å². The number of carbonyl (C=O) groups excluding carboxylic acids is 1. The molecule has 1 heterocycles. The monoisotopic (exact) mass is 398 g/mol. The van der Waals surface area contributed by atoms with Crippen molar-refractivity contribution in [3.8, 4) is 5.75 Å². The summed E-state index contributed by atoms with van der Waals surface area (Å²) < 4.78 is 32.2. The molecule has 0 unspecified atom stereocenters. The van der Waals surface area contributed by atoms with Crippen LogP contribution in [0.3, 0.4) is 0 Å². The molecule has 2 aromatic rings. The lowest BCUT2D eigenvalue weighted by molar-refractivity contribution is 0.104. The highest BCUT2D eigenvalue weighted by Gasteiger charge is 2.40. The van der Waals surface area contributed by atoms with E-state index in [0.29, 0.717) is 28.1 Å². The number of phenolic OH excluding ortho intramolecular Hbond substituents is 1. The van der Waals surface area contributed by atoms with Gasteiger partial charge >= 0.3 is 0 Å². The number of nitrogens with two attached hydrogens (primary N) is 1. The highest BCUT2D eigenvalue weighted by molar-refractivity contribution is 7.85. The molecule has 0 atom stereocenters. The van der Waals surface area contributed by atoms with Gasteiger partial charge in [-0.05, 0) is 41.5 Å². The second-order valence-electron chi connectivity index (χ2n) is 7.39. The first-order chi connectivity index (χ1) is 13.0. The molecule has 4 rings (SSSR count). The molecule has 0 radical (unpaired) electrons. The van der Waals surface area contributed by atoms with Crippen molar-refractivity contribution in [3.63, 3.8) is 0 Å². The van der Waals surface area contributed by atoms with Crippen molar-refractivity contribution >= 4 is 27.3 Å². The lowest BCUT2D eigenvalue weighted by atomic mass is 9.69. The standard InChI is InChI=1S/C20H18N2O5S/c1-20(2)14-7-17(23)10(9-21)5-16(14)22-19-12-4-3-11(28(25,26)27)6-13(12)18(24)8-15(19)20/h3-8,23H,9,21H2,1-2H3,(H,25,26,27). The van der Waals surface area contributed by atoms with E-state index in [1.165, 1.54) is 18.2 Å². The lowest BCUT2D eigenvalue weighted by Crippen LogP contribution is -2.33. The van der Waals surface area contributed by atoms with Crippen LogP contribution >= 0.6 is 0 Å². The molecule has 144 valence electrons. The van der Waals surface area contributed by atoms with Gasteiger partial charge in [-0.1, -0.05) is 19.9 Å².